The Labute approximate surface area is 166 Å². The van der Waals surface area contributed by atoms with Gasteiger partial charge in [0.1, 0.15) is 11.6 Å². The highest BCUT2D eigenvalue weighted by Crippen LogP contribution is 2.20. The predicted octanol–water partition coefficient (Wildman–Crippen LogP) is 4.26. The van der Waals surface area contributed by atoms with Crippen LogP contribution in [0.25, 0.3) is 0 Å². The second-order valence-electron chi connectivity index (χ2n) is 6.81. The zero-order valence-electron chi connectivity index (χ0n) is 16.9. The van der Waals surface area contributed by atoms with Gasteiger partial charge >= 0.3 is 0 Å². The van der Waals surface area contributed by atoms with Crippen molar-refractivity contribution < 1.29 is 4.74 Å². The van der Waals surface area contributed by atoms with Gasteiger partial charge in [0.05, 0.1) is 7.11 Å². The minimum Gasteiger partial charge on any atom is -0.497 e. The zero-order valence-corrected chi connectivity index (χ0v) is 16.9. The fourth-order valence-electron chi connectivity index (χ4n) is 2.85. The Kier molecular flexibility index (Phi) is 6.32. The van der Waals surface area contributed by atoms with Gasteiger partial charge in [-0.15, -0.1) is 0 Å². The second kappa shape index (κ2) is 9.08. The number of aromatic nitrogens is 2. The number of benzene rings is 2. The molecule has 6 heteroatoms. The monoisotopic (exact) mass is 377 g/mol. The van der Waals surface area contributed by atoms with Crippen LogP contribution in [0.5, 0.6) is 5.75 Å². The summed E-state index contributed by atoms with van der Waals surface area (Å²) in [5.74, 6) is 2.26. The zero-order chi connectivity index (χ0) is 19.9. The van der Waals surface area contributed by atoms with Crippen molar-refractivity contribution in [3.8, 4) is 5.75 Å². The van der Waals surface area contributed by atoms with E-state index < -0.39 is 0 Å². The molecule has 28 heavy (non-hydrogen) atoms. The SMILES string of the molecule is COc1cccc(CCNc2nc(C)cc(Nc3ccc(N(C)C)cc3)n2)c1. The molecule has 0 saturated carbocycles. The molecule has 0 amide bonds. The summed E-state index contributed by atoms with van der Waals surface area (Å²) >= 11 is 0. The largest absolute Gasteiger partial charge is 0.497 e. The molecular weight excluding hydrogens is 350 g/mol. The second-order valence-corrected chi connectivity index (χ2v) is 6.81. The quantitative estimate of drug-likeness (QED) is 0.612. The summed E-state index contributed by atoms with van der Waals surface area (Å²) in [6.45, 7) is 2.71. The van der Waals surface area contributed by atoms with Crippen molar-refractivity contribution in [2.24, 2.45) is 0 Å². The van der Waals surface area contributed by atoms with E-state index in [1.54, 1.807) is 7.11 Å². The Bertz CT molecular complexity index is 909. The van der Waals surface area contributed by atoms with Crippen LogP contribution < -0.4 is 20.3 Å². The topological polar surface area (TPSA) is 62.3 Å². The molecule has 0 radical (unpaired) electrons. The highest BCUT2D eigenvalue weighted by Gasteiger charge is 2.04. The average molecular weight is 377 g/mol. The van der Waals surface area contributed by atoms with Crippen LogP contribution in [0, 0.1) is 6.92 Å². The third kappa shape index (κ3) is 5.36. The molecule has 0 atom stereocenters. The molecule has 0 aliphatic carbocycles. The van der Waals surface area contributed by atoms with Crippen LogP contribution in [-0.4, -0.2) is 37.7 Å². The van der Waals surface area contributed by atoms with E-state index in [-0.39, 0.29) is 0 Å². The standard InChI is InChI=1S/C22H27N5O/c1-16-14-21(25-18-8-10-19(11-9-18)27(2)3)26-22(24-16)23-13-12-17-6-5-7-20(15-17)28-4/h5-11,14-15H,12-13H2,1-4H3,(H2,23,24,25,26). The van der Waals surface area contributed by atoms with Gasteiger partial charge in [0.15, 0.2) is 0 Å². The molecule has 1 aromatic heterocycles. The van der Waals surface area contributed by atoms with Gasteiger partial charge in [-0.3, -0.25) is 0 Å². The summed E-state index contributed by atoms with van der Waals surface area (Å²) in [5, 5.41) is 6.66. The van der Waals surface area contributed by atoms with Crippen LogP contribution in [0.15, 0.2) is 54.6 Å². The molecule has 0 bridgehead atoms. The third-order valence-electron chi connectivity index (χ3n) is 4.34. The molecule has 1 heterocycles. The molecule has 3 rings (SSSR count). The van der Waals surface area contributed by atoms with Crippen LogP contribution in [-0.2, 0) is 6.42 Å². The smallest absolute Gasteiger partial charge is 0.224 e. The molecule has 0 aliphatic rings. The molecule has 2 N–H and O–H groups in total. The molecule has 6 nitrogen and oxygen atoms in total. The normalized spacial score (nSPS) is 10.4. The number of aryl methyl sites for hydroxylation is 1. The van der Waals surface area contributed by atoms with E-state index in [4.69, 9.17) is 4.74 Å². The average Bonchev–Trinajstić information content (AvgIpc) is 2.68. The molecule has 0 unspecified atom stereocenters. The Hall–Kier alpha value is -3.28. The van der Waals surface area contributed by atoms with Crippen LogP contribution in [0.2, 0.25) is 0 Å². The van der Waals surface area contributed by atoms with Crippen LogP contribution >= 0.6 is 0 Å². The molecule has 3 aromatic rings. The Balaban J connectivity index is 1.62. The van der Waals surface area contributed by atoms with Crippen molar-refractivity contribution in [2.75, 3.05) is 43.3 Å². The number of anilines is 4. The Morgan fingerprint density at radius 2 is 1.79 bits per heavy atom. The molecule has 2 aromatic carbocycles. The van der Waals surface area contributed by atoms with Crippen molar-refractivity contribution in [3.05, 3.63) is 65.9 Å². The van der Waals surface area contributed by atoms with E-state index in [9.17, 15) is 0 Å². The maximum absolute atomic E-state index is 5.27. The first kappa shape index (κ1) is 19.5. The van der Waals surface area contributed by atoms with Gasteiger partial charge in [0.2, 0.25) is 5.95 Å². The van der Waals surface area contributed by atoms with E-state index >= 15 is 0 Å². The van der Waals surface area contributed by atoms with Gasteiger partial charge in [-0.2, -0.15) is 4.98 Å². The Morgan fingerprint density at radius 3 is 2.50 bits per heavy atom. The van der Waals surface area contributed by atoms with E-state index in [1.807, 2.05) is 57.4 Å². The lowest BCUT2D eigenvalue weighted by molar-refractivity contribution is 0.414. The predicted molar refractivity (Wildman–Crippen MR) is 116 cm³/mol. The highest BCUT2D eigenvalue weighted by molar-refractivity contribution is 5.61. The summed E-state index contributed by atoms with van der Waals surface area (Å²) in [5.41, 5.74) is 4.26. The first-order valence-electron chi connectivity index (χ1n) is 9.30. The lowest BCUT2D eigenvalue weighted by Crippen LogP contribution is -2.10. The summed E-state index contributed by atoms with van der Waals surface area (Å²) in [6.07, 6.45) is 0.864. The summed E-state index contributed by atoms with van der Waals surface area (Å²) in [4.78, 5) is 11.1. The molecule has 0 spiro atoms. The number of nitrogens with one attached hydrogen (secondary N) is 2. The van der Waals surface area contributed by atoms with Crippen molar-refractivity contribution in [2.45, 2.75) is 13.3 Å². The maximum atomic E-state index is 5.27. The Morgan fingerprint density at radius 1 is 1.00 bits per heavy atom. The van der Waals surface area contributed by atoms with Crippen molar-refractivity contribution in [1.29, 1.82) is 0 Å². The van der Waals surface area contributed by atoms with E-state index in [0.29, 0.717) is 5.95 Å². The van der Waals surface area contributed by atoms with Gasteiger partial charge in [-0.05, 0) is 55.3 Å². The van der Waals surface area contributed by atoms with Crippen molar-refractivity contribution in [3.63, 3.8) is 0 Å². The molecule has 0 saturated heterocycles. The van der Waals surface area contributed by atoms with Gasteiger partial charge in [0, 0.05) is 43.8 Å². The summed E-state index contributed by atoms with van der Waals surface area (Å²) < 4.78 is 5.27. The summed E-state index contributed by atoms with van der Waals surface area (Å²) in [6, 6.07) is 18.3. The molecule has 0 fully saturated rings. The molecule has 146 valence electrons. The van der Waals surface area contributed by atoms with Crippen molar-refractivity contribution in [1.82, 2.24) is 9.97 Å². The van der Waals surface area contributed by atoms with Crippen LogP contribution in [0.1, 0.15) is 11.3 Å². The fraction of sp³-hybridized carbons (Fsp3) is 0.273. The fourth-order valence-corrected chi connectivity index (χ4v) is 2.85. The number of ether oxygens (including phenoxy) is 1. The highest BCUT2D eigenvalue weighted by atomic mass is 16.5. The minimum absolute atomic E-state index is 0.621. The van der Waals surface area contributed by atoms with Crippen molar-refractivity contribution >= 4 is 23.1 Å². The first-order chi connectivity index (χ1) is 13.5. The number of hydrogen-bond donors (Lipinski definition) is 2. The first-order valence-corrected chi connectivity index (χ1v) is 9.30. The van der Waals surface area contributed by atoms with Crippen LogP contribution in [0.3, 0.4) is 0 Å². The van der Waals surface area contributed by atoms with Gasteiger partial charge in [0.25, 0.3) is 0 Å². The molecular formula is C22H27N5O. The number of hydrogen-bond acceptors (Lipinski definition) is 6. The number of nitrogens with zero attached hydrogens (tertiary/aromatic N) is 3. The van der Waals surface area contributed by atoms with E-state index in [0.717, 1.165) is 41.6 Å². The molecule has 0 aliphatic heterocycles. The minimum atomic E-state index is 0.621. The van der Waals surface area contributed by atoms with Crippen LogP contribution in [0.4, 0.5) is 23.1 Å². The summed E-state index contributed by atoms with van der Waals surface area (Å²) in [7, 11) is 5.74. The lowest BCUT2D eigenvalue weighted by Gasteiger charge is -2.14. The maximum Gasteiger partial charge on any atom is 0.224 e. The van der Waals surface area contributed by atoms with E-state index in [2.05, 4.69) is 43.7 Å². The van der Waals surface area contributed by atoms with Gasteiger partial charge in [-0.1, -0.05) is 12.1 Å². The third-order valence-corrected chi connectivity index (χ3v) is 4.34. The van der Waals surface area contributed by atoms with Gasteiger partial charge in [-0.25, -0.2) is 4.98 Å². The number of methoxy groups -OCH3 is 1. The number of rotatable bonds is 8. The van der Waals surface area contributed by atoms with E-state index in [1.165, 1.54) is 5.56 Å². The van der Waals surface area contributed by atoms with Gasteiger partial charge < -0.3 is 20.3 Å². The lowest BCUT2D eigenvalue weighted by atomic mass is 10.1.